The molecule has 5 heteroatoms. The Balaban J connectivity index is 2.32. The van der Waals surface area contributed by atoms with Crippen molar-refractivity contribution >= 4 is 11.9 Å². The minimum atomic E-state index is -0.949. The largest absolute Gasteiger partial charge is 0.481 e. The van der Waals surface area contributed by atoms with Crippen molar-refractivity contribution in [2.75, 3.05) is 13.2 Å². The first kappa shape index (κ1) is 12.0. The topological polar surface area (TPSA) is 75.6 Å². The van der Waals surface area contributed by atoms with Crippen LogP contribution in [-0.2, 0) is 14.3 Å². The predicted molar refractivity (Wildman–Crippen MR) is 53.5 cm³/mol. The molecule has 1 amide bonds. The molecule has 0 saturated carbocycles. The molecule has 1 saturated heterocycles. The number of hydrogen-bond acceptors (Lipinski definition) is 3. The van der Waals surface area contributed by atoms with Gasteiger partial charge in [-0.25, -0.2) is 0 Å². The van der Waals surface area contributed by atoms with Crippen molar-refractivity contribution in [1.82, 2.24) is 5.32 Å². The van der Waals surface area contributed by atoms with Crippen LogP contribution in [0.4, 0.5) is 0 Å². The highest BCUT2D eigenvalue weighted by Gasteiger charge is 2.29. The lowest BCUT2D eigenvalue weighted by Gasteiger charge is -2.34. The quantitative estimate of drug-likeness (QED) is 0.717. The molecule has 0 aromatic rings. The Labute approximate surface area is 88.8 Å². The van der Waals surface area contributed by atoms with Crippen molar-refractivity contribution in [2.24, 2.45) is 0 Å². The number of carbonyl (C=O) groups excluding carboxylic acids is 1. The second-order valence-corrected chi connectivity index (χ2v) is 4.16. The van der Waals surface area contributed by atoms with E-state index >= 15 is 0 Å². The van der Waals surface area contributed by atoms with Crippen molar-refractivity contribution in [1.29, 1.82) is 0 Å². The van der Waals surface area contributed by atoms with Gasteiger partial charge in [0.2, 0.25) is 5.91 Å². The summed E-state index contributed by atoms with van der Waals surface area (Å²) in [6.07, 6.45) is 1.72. The highest BCUT2D eigenvalue weighted by Crippen LogP contribution is 2.18. The van der Waals surface area contributed by atoms with Gasteiger partial charge in [0.05, 0.1) is 18.6 Å². The lowest BCUT2D eigenvalue weighted by Crippen LogP contribution is -2.51. The first-order chi connectivity index (χ1) is 7.02. The summed E-state index contributed by atoms with van der Waals surface area (Å²) in [5, 5.41) is 11.3. The zero-order chi connectivity index (χ0) is 11.3. The number of nitrogens with one attached hydrogen (secondary N) is 1. The number of carbonyl (C=O) groups is 2. The summed E-state index contributed by atoms with van der Waals surface area (Å²) in [5.41, 5.74) is -0.326. The van der Waals surface area contributed by atoms with E-state index in [4.69, 9.17) is 9.84 Å². The molecule has 1 heterocycles. The second-order valence-electron chi connectivity index (χ2n) is 4.16. The van der Waals surface area contributed by atoms with Crippen LogP contribution >= 0.6 is 0 Å². The van der Waals surface area contributed by atoms with E-state index in [0.29, 0.717) is 6.61 Å². The van der Waals surface area contributed by atoms with E-state index in [-0.39, 0.29) is 24.3 Å². The third kappa shape index (κ3) is 4.29. The Hall–Kier alpha value is -1.10. The van der Waals surface area contributed by atoms with E-state index < -0.39 is 5.97 Å². The van der Waals surface area contributed by atoms with E-state index in [0.717, 1.165) is 19.4 Å². The Kier molecular flexibility index (Phi) is 4.08. The fourth-order valence-corrected chi connectivity index (χ4v) is 1.65. The van der Waals surface area contributed by atoms with Gasteiger partial charge in [0.15, 0.2) is 0 Å². The number of carboxylic acids is 1. The molecular weight excluding hydrogens is 198 g/mol. The van der Waals surface area contributed by atoms with Crippen molar-refractivity contribution in [3.8, 4) is 0 Å². The third-order valence-electron chi connectivity index (χ3n) is 2.44. The molecule has 0 aromatic heterocycles. The van der Waals surface area contributed by atoms with Crippen LogP contribution in [0.2, 0.25) is 0 Å². The molecule has 1 aliphatic heterocycles. The normalized spacial score (nSPS) is 25.9. The molecule has 1 unspecified atom stereocenters. The molecular formula is C10H17NO4. The van der Waals surface area contributed by atoms with Gasteiger partial charge in [-0.1, -0.05) is 0 Å². The Morgan fingerprint density at radius 3 is 2.73 bits per heavy atom. The molecule has 1 rings (SSSR count). The number of carboxylic acid groups (broad SMARTS) is 1. The summed E-state index contributed by atoms with van der Waals surface area (Å²) in [6.45, 7) is 3.16. The second kappa shape index (κ2) is 5.11. The Morgan fingerprint density at radius 1 is 1.47 bits per heavy atom. The smallest absolute Gasteiger partial charge is 0.303 e. The first-order valence-corrected chi connectivity index (χ1v) is 5.12. The number of amides is 1. The van der Waals surface area contributed by atoms with Crippen molar-refractivity contribution in [3.05, 3.63) is 0 Å². The maximum atomic E-state index is 11.4. The minimum absolute atomic E-state index is 0.0327. The zero-order valence-electron chi connectivity index (χ0n) is 8.91. The van der Waals surface area contributed by atoms with Gasteiger partial charge >= 0.3 is 5.97 Å². The summed E-state index contributed by atoms with van der Waals surface area (Å²) in [5.74, 6) is -1.17. The molecule has 0 aromatic carbocycles. The zero-order valence-corrected chi connectivity index (χ0v) is 8.91. The third-order valence-corrected chi connectivity index (χ3v) is 2.44. The van der Waals surface area contributed by atoms with Crippen LogP contribution in [0.5, 0.6) is 0 Å². The molecule has 5 nitrogen and oxygen atoms in total. The molecule has 0 bridgehead atoms. The van der Waals surface area contributed by atoms with E-state index in [9.17, 15) is 9.59 Å². The highest BCUT2D eigenvalue weighted by atomic mass is 16.5. The molecule has 1 aliphatic rings. The standard InChI is InChI=1S/C10H17NO4/c1-10(5-2-6-15-7-10)11-8(12)3-4-9(13)14/h2-7H2,1H3,(H,11,12)(H,13,14). The molecule has 0 aliphatic carbocycles. The lowest BCUT2D eigenvalue weighted by atomic mass is 9.94. The van der Waals surface area contributed by atoms with E-state index in [1.807, 2.05) is 6.92 Å². The first-order valence-electron chi connectivity index (χ1n) is 5.12. The molecule has 86 valence electrons. The van der Waals surface area contributed by atoms with Gasteiger partial charge in [0.1, 0.15) is 0 Å². The van der Waals surface area contributed by atoms with Gasteiger partial charge in [-0.2, -0.15) is 0 Å². The van der Waals surface area contributed by atoms with Gasteiger partial charge in [-0.15, -0.1) is 0 Å². The summed E-state index contributed by atoms with van der Waals surface area (Å²) in [4.78, 5) is 21.7. The average molecular weight is 215 g/mol. The fraction of sp³-hybridized carbons (Fsp3) is 0.800. The molecule has 0 radical (unpaired) electrons. The van der Waals surface area contributed by atoms with Crippen LogP contribution in [-0.4, -0.2) is 35.7 Å². The molecule has 2 N–H and O–H groups in total. The Morgan fingerprint density at radius 2 is 2.20 bits per heavy atom. The molecule has 1 atom stereocenters. The van der Waals surface area contributed by atoms with Crippen LogP contribution < -0.4 is 5.32 Å². The van der Waals surface area contributed by atoms with E-state index in [1.54, 1.807) is 0 Å². The monoisotopic (exact) mass is 215 g/mol. The van der Waals surface area contributed by atoms with Gasteiger partial charge in [-0.3, -0.25) is 9.59 Å². The maximum absolute atomic E-state index is 11.4. The van der Waals surface area contributed by atoms with Crippen molar-refractivity contribution in [3.63, 3.8) is 0 Å². The lowest BCUT2D eigenvalue weighted by molar-refractivity contribution is -0.139. The average Bonchev–Trinajstić information content (AvgIpc) is 2.15. The van der Waals surface area contributed by atoms with Crippen LogP contribution in [0.3, 0.4) is 0 Å². The van der Waals surface area contributed by atoms with Crippen molar-refractivity contribution < 1.29 is 19.4 Å². The summed E-state index contributed by atoms with van der Waals surface area (Å²) < 4.78 is 5.28. The van der Waals surface area contributed by atoms with Gasteiger partial charge < -0.3 is 15.2 Å². The van der Waals surface area contributed by atoms with Gasteiger partial charge in [0.25, 0.3) is 0 Å². The minimum Gasteiger partial charge on any atom is -0.481 e. The molecule has 15 heavy (non-hydrogen) atoms. The SMILES string of the molecule is CC1(NC(=O)CCC(=O)O)CCCOC1. The van der Waals surface area contributed by atoms with Crippen LogP contribution in [0.15, 0.2) is 0 Å². The summed E-state index contributed by atoms with van der Waals surface area (Å²) in [7, 11) is 0. The molecule has 0 spiro atoms. The summed E-state index contributed by atoms with van der Waals surface area (Å²) in [6, 6.07) is 0. The van der Waals surface area contributed by atoms with E-state index in [1.165, 1.54) is 0 Å². The highest BCUT2D eigenvalue weighted by molar-refractivity contribution is 5.81. The van der Waals surface area contributed by atoms with Crippen LogP contribution in [0.25, 0.3) is 0 Å². The van der Waals surface area contributed by atoms with Crippen LogP contribution in [0.1, 0.15) is 32.6 Å². The molecule has 1 fully saturated rings. The number of aliphatic carboxylic acids is 1. The predicted octanol–water partition coefficient (Wildman–Crippen LogP) is 0.536. The Bertz CT molecular complexity index is 246. The van der Waals surface area contributed by atoms with Gasteiger partial charge in [-0.05, 0) is 19.8 Å². The van der Waals surface area contributed by atoms with Crippen molar-refractivity contribution in [2.45, 2.75) is 38.1 Å². The maximum Gasteiger partial charge on any atom is 0.303 e. The number of hydrogen-bond donors (Lipinski definition) is 2. The van der Waals surface area contributed by atoms with Crippen LogP contribution in [0, 0.1) is 0 Å². The summed E-state index contributed by atoms with van der Waals surface area (Å²) >= 11 is 0. The fourth-order valence-electron chi connectivity index (χ4n) is 1.65. The number of rotatable bonds is 4. The van der Waals surface area contributed by atoms with Gasteiger partial charge in [0, 0.05) is 13.0 Å². The van der Waals surface area contributed by atoms with E-state index in [2.05, 4.69) is 5.32 Å². The number of ether oxygens (including phenoxy) is 1.